The Balaban J connectivity index is 1.89. The van der Waals surface area contributed by atoms with Crippen LogP contribution < -0.4 is 5.32 Å². The van der Waals surface area contributed by atoms with Crippen LogP contribution in [0.3, 0.4) is 0 Å². The van der Waals surface area contributed by atoms with Crippen molar-refractivity contribution >= 4 is 0 Å². The molecule has 2 unspecified atom stereocenters. The molecule has 20 heavy (non-hydrogen) atoms. The number of aryl methyl sites for hydroxylation is 1. The molecule has 1 aromatic heterocycles. The molecule has 0 amide bonds. The molecular weight excluding hydrogens is 248 g/mol. The van der Waals surface area contributed by atoms with Crippen LogP contribution in [-0.2, 0) is 6.42 Å². The molecule has 1 heterocycles. The molecule has 2 rings (SSSR count). The maximum atomic E-state index is 10.1. The quantitative estimate of drug-likeness (QED) is 0.848. The molecule has 0 aliphatic heterocycles. The summed E-state index contributed by atoms with van der Waals surface area (Å²) in [6.45, 7) is 4.79. The predicted octanol–water partition coefficient (Wildman–Crippen LogP) is 3.03. The first-order valence-electron chi connectivity index (χ1n) is 7.11. The average molecular weight is 270 g/mol. The van der Waals surface area contributed by atoms with Crippen molar-refractivity contribution in [1.29, 1.82) is 0 Å². The van der Waals surface area contributed by atoms with Crippen molar-refractivity contribution < 1.29 is 5.11 Å². The van der Waals surface area contributed by atoms with E-state index in [1.807, 2.05) is 12.1 Å². The van der Waals surface area contributed by atoms with Crippen molar-refractivity contribution in [2.45, 2.75) is 32.4 Å². The van der Waals surface area contributed by atoms with E-state index >= 15 is 0 Å². The Bertz CT molecular complexity index is 510. The number of hydrogen-bond acceptors (Lipinski definition) is 3. The summed E-state index contributed by atoms with van der Waals surface area (Å²) in [7, 11) is 0. The summed E-state index contributed by atoms with van der Waals surface area (Å²) < 4.78 is 0. The summed E-state index contributed by atoms with van der Waals surface area (Å²) in [5, 5.41) is 13.5. The number of pyridine rings is 1. The smallest absolute Gasteiger partial charge is 0.0915 e. The van der Waals surface area contributed by atoms with E-state index in [2.05, 4.69) is 48.4 Å². The standard InChI is InChI=1S/C17H22N2O/c1-3-14-4-6-15(7-5-14)13(2)19-12-17(20)16-8-10-18-11-9-16/h4-11,13,17,19-20H,3,12H2,1-2H3. The van der Waals surface area contributed by atoms with Crippen molar-refractivity contribution in [2.75, 3.05) is 6.54 Å². The summed E-state index contributed by atoms with van der Waals surface area (Å²) in [4.78, 5) is 3.96. The minimum Gasteiger partial charge on any atom is -0.387 e. The predicted molar refractivity (Wildman–Crippen MR) is 81.4 cm³/mol. The van der Waals surface area contributed by atoms with E-state index in [-0.39, 0.29) is 6.04 Å². The minimum atomic E-state index is -0.504. The third-order valence-corrected chi connectivity index (χ3v) is 3.60. The number of aliphatic hydroxyl groups excluding tert-OH is 1. The van der Waals surface area contributed by atoms with E-state index in [0.29, 0.717) is 6.54 Å². The topological polar surface area (TPSA) is 45.1 Å². The second-order valence-corrected chi connectivity index (χ2v) is 5.02. The molecule has 3 heteroatoms. The fourth-order valence-corrected chi connectivity index (χ4v) is 2.15. The number of nitrogens with one attached hydrogen (secondary N) is 1. The van der Waals surface area contributed by atoms with Crippen molar-refractivity contribution in [1.82, 2.24) is 10.3 Å². The number of aliphatic hydroxyl groups is 1. The van der Waals surface area contributed by atoms with Gasteiger partial charge in [0.15, 0.2) is 0 Å². The van der Waals surface area contributed by atoms with Crippen LogP contribution in [0.5, 0.6) is 0 Å². The number of nitrogens with zero attached hydrogens (tertiary/aromatic N) is 1. The minimum absolute atomic E-state index is 0.220. The second kappa shape index (κ2) is 7.17. The van der Waals surface area contributed by atoms with E-state index in [0.717, 1.165) is 12.0 Å². The van der Waals surface area contributed by atoms with Gasteiger partial charge in [-0.25, -0.2) is 0 Å². The molecule has 2 aromatic rings. The van der Waals surface area contributed by atoms with E-state index < -0.39 is 6.10 Å². The highest BCUT2D eigenvalue weighted by Gasteiger charge is 2.10. The molecule has 0 saturated heterocycles. The number of benzene rings is 1. The maximum Gasteiger partial charge on any atom is 0.0915 e. The molecule has 0 radical (unpaired) electrons. The van der Waals surface area contributed by atoms with Gasteiger partial charge in [0.05, 0.1) is 6.10 Å². The molecular formula is C17H22N2O. The zero-order valence-corrected chi connectivity index (χ0v) is 12.1. The van der Waals surface area contributed by atoms with Crippen LogP contribution in [-0.4, -0.2) is 16.6 Å². The van der Waals surface area contributed by atoms with Gasteiger partial charge in [0.1, 0.15) is 0 Å². The van der Waals surface area contributed by atoms with E-state index in [4.69, 9.17) is 0 Å². The van der Waals surface area contributed by atoms with Gasteiger partial charge in [0.25, 0.3) is 0 Å². The molecule has 0 aliphatic rings. The van der Waals surface area contributed by atoms with Gasteiger partial charge in [-0.3, -0.25) is 4.98 Å². The van der Waals surface area contributed by atoms with Crippen LogP contribution in [0.2, 0.25) is 0 Å². The third-order valence-electron chi connectivity index (χ3n) is 3.60. The molecule has 0 fully saturated rings. The van der Waals surface area contributed by atoms with Crippen LogP contribution in [0.4, 0.5) is 0 Å². The van der Waals surface area contributed by atoms with Gasteiger partial charge in [-0.2, -0.15) is 0 Å². The first-order chi connectivity index (χ1) is 9.70. The Hall–Kier alpha value is -1.71. The van der Waals surface area contributed by atoms with Crippen LogP contribution in [0.15, 0.2) is 48.8 Å². The van der Waals surface area contributed by atoms with Crippen molar-refractivity contribution in [3.8, 4) is 0 Å². The zero-order valence-electron chi connectivity index (χ0n) is 12.1. The van der Waals surface area contributed by atoms with Crippen LogP contribution in [0.1, 0.15) is 42.7 Å². The van der Waals surface area contributed by atoms with Crippen LogP contribution >= 0.6 is 0 Å². The van der Waals surface area contributed by atoms with Crippen molar-refractivity contribution in [3.05, 3.63) is 65.5 Å². The monoisotopic (exact) mass is 270 g/mol. The molecule has 0 aliphatic carbocycles. The summed E-state index contributed by atoms with van der Waals surface area (Å²) in [6, 6.07) is 12.5. The molecule has 0 saturated carbocycles. The normalized spacial score (nSPS) is 13.9. The second-order valence-electron chi connectivity index (χ2n) is 5.02. The van der Waals surface area contributed by atoms with Gasteiger partial charge in [0.2, 0.25) is 0 Å². The lowest BCUT2D eigenvalue weighted by Gasteiger charge is -2.18. The first kappa shape index (κ1) is 14.7. The van der Waals surface area contributed by atoms with Crippen LogP contribution in [0.25, 0.3) is 0 Å². The summed E-state index contributed by atoms with van der Waals surface area (Å²) in [5.74, 6) is 0. The summed E-state index contributed by atoms with van der Waals surface area (Å²) >= 11 is 0. The lowest BCUT2D eigenvalue weighted by Crippen LogP contribution is -2.24. The Morgan fingerprint density at radius 3 is 2.30 bits per heavy atom. The largest absolute Gasteiger partial charge is 0.387 e. The molecule has 0 spiro atoms. The maximum absolute atomic E-state index is 10.1. The molecule has 2 atom stereocenters. The fraction of sp³-hybridized carbons (Fsp3) is 0.353. The number of aromatic nitrogens is 1. The SMILES string of the molecule is CCc1ccc(C(C)NCC(O)c2ccncc2)cc1. The summed E-state index contributed by atoms with van der Waals surface area (Å²) in [5.41, 5.74) is 3.47. The van der Waals surface area contributed by atoms with Gasteiger partial charge in [0, 0.05) is 25.0 Å². The lowest BCUT2D eigenvalue weighted by atomic mass is 10.0. The van der Waals surface area contributed by atoms with E-state index in [1.165, 1.54) is 11.1 Å². The van der Waals surface area contributed by atoms with Gasteiger partial charge in [-0.15, -0.1) is 0 Å². The highest BCUT2D eigenvalue weighted by Crippen LogP contribution is 2.16. The molecule has 106 valence electrons. The van der Waals surface area contributed by atoms with Crippen molar-refractivity contribution in [3.63, 3.8) is 0 Å². The Kier molecular flexibility index (Phi) is 5.27. The lowest BCUT2D eigenvalue weighted by molar-refractivity contribution is 0.170. The van der Waals surface area contributed by atoms with Gasteiger partial charge >= 0.3 is 0 Å². The van der Waals surface area contributed by atoms with Crippen molar-refractivity contribution in [2.24, 2.45) is 0 Å². The third kappa shape index (κ3) is 3.89. The highest BCUT2D eigenvalue weighted by molar-refractivity contribution is 5.24. The molecule has 1 aromatic carbocycles. The van der Waals surface area contributed by atoms with E-state index in [1.54, 1.807) is 12.4 Å². The Labute approximate surface area is 120 Å². The molecule has 2 N–H and O–H groups in total. The Morgan fingerprint density at radius 1 is 1.05 bits per heavy atom. The van der Waals surface area contributed by atoms with Crippen LogP contribution in [0, 0.1) is 0 Å². The Morgan fingerprint density at radius 2 is 1.70 bits per heavy atom. The highest BCUT2D eigenvalue weighted by atomic mass is 16.3. The van der Waals surface area contributed by atoms with E-state index in [9.17, 15) is 5.11 Å². The van der Waals surface area contributed by atoms with Gasteiger partial charge in [-0.05, 0) is 42.2 Å². The first-order valence-corrected chi connectivity index (χ1v) is 7.11. The van der Waals surface area contributed by atoms with Gasteiger partial charge in [-0.1, -0.05) is 31.2 Å². The zero-order chi connectivity index (χ0) is 14.4. The fourth-order valence-electron chi connectivity index (χ4n) is 2.15. The summed E-state index contributed by atoms with van der Waals surface area (Å²) in [6.07, 6.45) is 3.95. The molecule has 3 nitrogen and oxygen atoms in total. The number of rotatable bonds is 6. The number of hydrogen-bond donors (Lipinski definition) is 2. The average Bonchev–Trinajstić information content (AvgIpc) is 2.53. The van der Waals surface area contributed by atoms with Gasteiger partial charge < -0.3 is 10.4 Å². The molecule has 0 bridgehead atoms.